The van der Waals surface area contributed by atoms with Crippen LogP contribution in [-0.2, 0) is 19.1 Å². The third kappa shape index (κ3) is 15.9. The van der Waals surface area contributed by atoms with Crippen LogP contribution in [-0.4, -0.2) is 56.3 Å². The average molecular weight is 353 g/mol. The summed E-state index contributed by atoms with van der Waals surface area (Å²) < 4.78 is 10.0. The standard InChI is InChI=1S/C14H28N2O4S2/c1-2-13(17)19-9-3-4-10-20-14(18)5-7-16-8-12-22-21-11-6-15/h16H,2-12,15H2,1H3. The van der Waals surface area contributed by atoms with Crippen LogP contribution in [0, 0.1) is 0 Å². The Bertz CT molecular complexity index is 294. The molecule has 0 heterocycles. The maximum atomic E-state index is 11.4. The molecular formula is C14H28N2O4S2. The van der Waals surface area contributed by atoms with E-state index in [1.165, 1.54) is 0 Å². The van der Waals surface area contributed by atoms with Crippen LogP contribution in [0.4, 0.5) is 0 Å². The van der Waals surface area contributed by atoms with E-state index in [1.54, 1.807) is 28.5 Å². The molecule has 22 heavy (non-hydrogen) atoms. The van der Waals surface area contributed by atoms with E-state index >= 15 is 0 Å². The first-order valence-electron chi connectivity index (χ1n) is 7.67. The molecule has 0 rings (SSSR count). The van der Waals surface area contributed by atoms with Crippen molar-refractivity contribution < 1.29 is 19.1 Å². The molecule has 0 saturated heterocycles. The Morgan fingerprint density at radius 1 is 1.00 bits per heavy atom. The molecule has 0 spiro atoms. The number of hydrogen-bond acceptors (Lipinski definition) is 8. The maximum absolute atomic E-state index is 11.4. The summed E-state index contributed by atoms with van der Waals surface area (Å²) in [6.07, 6.45) is 2.21. The number of ether oxygens (including phenoxy) is 2. The molecule has 0 saturated carbocycles. The van der Waals surface area contributed by atoms with Crippen molar-refractivity contribution in [3.05, 3.63) is 0 Å². The summed E-state index contributed by atoms with van der Waals surface area (Å²) >= 11 is 0. The van der Waals surface area contributed by atoms with Gasteiger partial charge in [-0.05, 0) is 12.8 Å². The molecule has 0 aromatic heterocycles. The molecule has 0 fully saturated rings. The first-order valence-corrected chi connectivity index (χ1v) is 10.2. The lowest BCUT2D eigenvalue weighted by molar-refractivity contribution is -0.145. The minimum absolute atomic E-state index is 0.191. The van der Waals surface area contributed by atoms with Gasteiger partial charge in [0, 0.05) is 37.6 Å². The molecule has 0 aliphatic carbocycles. The van der Waals surface area contributed by atoms with Gasteiger partial charge in [-0.15, -0.1) is 0 Å². The van der Waals surface area contributed by atoms with E-state index in [4.69, 9.17) is 15.2 Å². The van der Waals surface area contributed by atoms with E-state index < -0.39 is 0 Å². The Labute approximate surface area is 141 Å². The Hall–Kier alpha value is -0.440. The quantitative estimate of drug-likeness (QED) is 0.261. The van der Waals surface area contributed by atoms with Gasteiger partial charge in [0.15, 0.2) is 0 Å². The van der Waals surface area contributed by atoms with Crippen molar-refractivity contribution in [1.82, 2.24) is 5.32 Å². The molecule has 130 valence electrons. The molecule has 0 amide bonds. The zero-order valence-electron chi connectivity index (χ0n) is 13.3. The number of esters is 2. The van der Waals surface area contributed by atoms with Crippen molar-refractivity contribution in [2.75, 3.05) is 44.4 Å². The monoisotopic (exact) mass is 352 g/mol. The number of hydrogen-bond donors (Lipinski definition) is 2. The maximum Gasteiger partial charge on any atom is 0.307 e. The zero-order valence-corrected chi connectivity index (χ0v) is 14.9. The minimum atomic E-state index is -0.192. The van der Waals surface area contributed by atoms with Gasteiger partial charge in [-0.1, -0.05) is 28.5 Å². The van der Waals surface area contributed by atoms with Gasteiger partial charge >= 0.3 is 11.9 Å². The first kappa shape index (κ1) is 21.6. The molecule has 0 aliphatic rings. The summed E-state index contributed by atoms with van der Waals surface area (Å²) in [6, 6.07) is 0. The number of carbonyl (C=O) groups excluding carboxylic acids is 2. The Morgan fingerprint density at radius 3 is 2.27 bits per heavy atom. The second-order valence-electron chi connectivity index (χ2n) is 4.43. The van der Waals surface area contributed by atoms with Crippen molar-refractivity contribution >= 4 is 33.5 Å². The van der Waals surface area contributed by atoms with Crippen molar-refractivity contribution in [3.8, 4) is 0 Å². The number of unbranched alkanes of at least 4 members (excludes halogenated alkanes) is 1. The van der Waals surface area contributed by atoms with Crippen molar-refractivity contribution in [3.63, 3.8) is 0 Å². The van der Waals surface area contributed by atoms with Gasteiger partial charge in [0.1, 0.15) is 0 Å². The number of rotatable bonds is 15. The highest BCUT2D eigenvalue weighted by molar-refractivity contribution is 8.76. The van der Waals surface area contributed by atoms with Crippen LogP contribution in [0.5, 0.6) is 0 Å². The highest BCUT2D eigenvalue weighted by atomic mass is 33.1. The summed E-state index contributed by atoms with van der Waals surface area (Å²) in [5.41, 5.74) is 5.39. The third-order valence-corrected chi connectivity index (χ3v) is 4.95. The summed E-state index contributed by atoms with van der Waals surface area (Å²) in [6.45, 7) is 4.75. The highest BCUT2D eigenvalue weighted by Crippen LogP contribution is 2.18. The highest BCUT2D eigenvalue weighted by Gasteiger charge is 2.02. The third-order valence-electron chi connectivity index (χ3n) is 2.51. The Morgan fingerprint density at radius 2 is 1.64 bits per heavy atom. The average Bonchev–Trinajstić information content (AvgIpc) is 2.52. The smallest absolute Gasteiger partial charge is 0.307 e. The van der Waals surface area contributed by atoms with Crippen LogP contribution < -0.4 is 11.1 Å². The predicted octanol–water partition coefficient (Wildman–Crippen LogP) is 1.58. The predicted molar refractivity (Wildman–Crippen MR) is 92.9 cm³/mol. The van der Waals surface area contributed by atoms with Gasteiger partial charge in [0.2, 0.25) is 0 Å². The van der Waals surface area contributed by atoms with E-state index in [0.29, 0.717) is 45.6 Å². The lowest BCUT2D eigenvalue weighted by atomic mass is 10.3. The summed E-state index contributed by atoms with van der Waals surface area (Å²) in [5.74, 6) is 1.58. The molecule has 0 unspecified atom stereocenters. The van der Waals surface area contributed by atoms with E-state index in [1.807, 2.05) is 0 Å². The molecule has 8 heteroatoms. The van der Waals surface area contributed by atoms with E-state index in [0.717, 1.165) is 24.5 Å². The summed E-state index contributed by atoms with van der Waals surface area (Å²) in [7, 11) is 3.55. The zero-order chi connectivity index (χ0) is 16.5. The Balaban J connectivity index is 3.21. The van der Waals surface area contributed by atoms with E-state index in [9.17, 15) is 9.59 Å². The van der Waals surface area contributed by atoms with Gasteiger partial charge in [-0.2, -0.15) is 0 Å². The molecule has 0 aromatic carbocycles. The topological polar surface area (TPSA) is 90.6 Å². The molecule has 0 aromatic rings. The lowest BCUT2D eigenvalue weighted by Crippen LogP contribution is -2.21. The number of carbonyl (C=O) groups is 2. The summed E-state index contributed by atoms with van der Waals surface area (Å²) in [4.78, 5) is 22.3. The van der Waals surface area contributed by atoms with E-state index in [2.05, 4.69) is 5.32 Å². The largest absolute Gasteiger partial charge is 0.466 e. The van der Waals surface area contributed by atoms with Crippen LogP contribution in [0.3, 0.4) is 0 Å². The van der Waals surface area contributed by atoms with Crippen molar-refractivity contribution in [1.29, 1.82) is 0 Å². The van der Waals surface area contributed by atoms with Crippen LogP contribution in [0.1, 0.15) is 32.6 Å². The number of nitrogens with two attached hydrogens (primary N) is 1. The normalized spacial score (nSPS) is 10.5. The van der Waals surface area contributed by atoms with Gasteiger partial charge in [-0.3, -0.25) is 9.59 Å². The molecule has 0 aliphatic heterocycles. The van der Waals surface area contributed by atoms with Crippen LogP contribution in [0.25, 0.3) is 0 Å². The molecule has 6 nitrogen and oxygen atoms in total. The molecule has 0 radical (unpaired) electrons. The SMILES string of the molecule is CCC(=O)OCCCCOC(=O)CCNCCSSCCN. The van der Waals surface area contributed by atoms with Crippen LogP contribution in [0.2, 0.25) is 0 Å². The minimum Gasteiger partial charge on any atom is -0.466 e. The fourth-order valence-electron chi connectivity index (χ4n) is 1.35. The van der Waals surface area contributed by atoms with Crippen LogP contribution >= 0.6 is 21.6 Å². The van der Waals surface area contributed by atoms with Gasteiger partial charge in [0.25, 0.3) is 0 Å². The fraction of sp³-hybridized carbons (Fsp3) is 0.857. The van der Waals surface area contributed by atoms with Gasteiger partial charge in [0.05, 0.1) is 19.6 Å². The molecule has 0 atom stereocenters. The molecule has 0 bridgehead atoms. The number of nitrogens with one attached hydrogen (secondary N) is 1. The van der Waals surface area contributed by atoms with Crippen LogP contribution in [0.15, 0.2) is 0 Å². The summed E-state index contributed by atoms with van der Waals surface area (Å²) in [5, 5.41) is 3.20. The lowest BCUT2D eigenvalue weighted by Gasteiger charge is -2.06. The molecule has 3 N–H and O–H groups in total. The fourth-order valence-corrected chi connectivity index (χ4v) is 3.15. The van der Waals surface area contributed by atoms with Gasteiger partial charge < -0.3 is 20.5 Å². The second kappa shape index (κ2) is 16.9. The van der Waals surface area contributed by atoms with Gasteiger partial charge in [-0.25, -0.2) is 0 Å². The second-order valence-corrected chi connectivity index (χ2v) is 7.14. The van der Waals surface area contributed by atoms with Crippen molar-refractivity contribution in [2.45, 2.75) is 32.6 Å². The Kier molecular flexibility index (Phi) is 16.6. The van der Waals surface area contributed by atoms with Crippen molar-refractivity contribution in [2.24, 2.45) is 5.73 Å². The molecular weight excluding hydrogens is 324 g/mol. The van der Waals surface area contributed by atoms with E-state index in [-0.39, 0.29) is 11.9 Å². The first-order chi connectivity index (χ1) is 10.7.